The first-order chi connectivity index (χ1) is 15.1. The second-order valence-electron chi connectivity index (χ2n) is 6.39. The summed E-state index contributed by atoms with van der Waals surface area (Å²) in [5.74, 6) is -1.81. The number of anilines is 3. The lowest BCUT2D eigenvalue weighted by atomic mass is 10.1. The third-order valence-electron chi connectivity index (χ3n) is 4.23. The summed E-state index contributed by atoms with van der Waals surface area (Å²) in [5, 5.41) is 0. The van der Waals surface area contributed by atoms with E-state index in [2.05, 4.69) is 4.18 Å². The van der Waals surface area contributed by atoms with E-state index in [0.29, 0.717) is 17.1 Å². The molecule has 0 unspecified atom stereocenters. The van der Waals surface area contributed by atoms with Crippen LogP contribution in [0.1, 0.15) is 17.3 Å². The molecule has 0 radical (unpaired) electrons. The molecule has 0 fully saturated rings. The van der Waals surface area contributed by atoms with E-state index in [0.717, 1.165) is 6.07 Å². The van der Waals surface area contributed by atoms with Crippen molar-refractivity contribution in [1.29, 1.82) is 0 Å². The summed E-state index contributed by atoms with van der Waals surface area (Å²) in [7, 11) is -5.98. The normalized spacial score (nSPS) is 11.6. The van der Waals surface area contributed by atoms with Gasteiger partial charge in [0.1, 0.15) is 5.56 Å². The second-order valence-corrected chi connectivity index (χ2v) is 7.93. The summed E-state index contributed by atoms with van der Waals surface area (Å²) in [6, 6.07) is 21.6. The minimum Gasteiger partial charge on any atom is -0.462 e. The molecular formula is C22H18F3NO5S. The van der Waals surface area contributed by atoms with Crippen LogP contribution in [0.5, 0.6) is 5.75 Å². The Labute approximate surface area is 182 Å². The van der Waals surface area contributed by atoms with Crippen LogP contribution in [-0.2, 0) is 14.9 Å². The van der Waals surface area contributed by atoms with Crippen LogP contribution >= 0.6 is 0 Å². The molecule has 0 spiro atoms. The highest BCUT2D eigenvalue weighted by molar-refractivity contribution is 7.88. The highest BCUT2D eigenvalue weighted by atomic mass is 32.2. The van der Waals surface area contributed by atoms with Crippen LogP contribution in [-0.4, -0.2) is 26.5 Å². The molecule has 0 atom stereocenters. The van der Waals surface area contributed by atoms with Gasteiger partial charge in [-0.05, 0) is 49.4 Å². The Morgan fingerprint density at radius 3 is 1.88 bits per heavy atom. The zero-order valence-electron chi connectivity index (χ0n) is 16.7. The Hall–Kier alpha value is -3.53. The summed E-state index contributed by atoms with van der Waals surface area (Å²) in [5.41, 5.74) is -4.34. The van der Waals surface area contributed by atoms with E-state index in [-0.39, 0.29) is 6.61 Å². The summed E-state index contributed by atoms with van der Waals surface area (Å²) in [4.78, 5) is 14.2. The number of hydrogen-bond acceptors (Lipinski definition) is 6. The SMILES string of the molecule is CCOC(=O)c1cc(N(c2ccccc2)c2ccccc2)ccc1OS(=O)(=O)C(F)(F)F. The molecule has 32 heavy (non-hydrogen) atoms. The Kier molecular flexibility index (Phi) is 6.73. The molecule has 0 aliphatic carbocycles. The van der Waals surface area contributed by atoms with Gasteiger partial charge in [-0.15, -0.1) is 0 Å². The minimum absolute atomic E-state index is 0.0738. The van der Waals surface area contributed by atoms with Crippen molar-refractivity contribution in [2.24, 2.45) is 0 Å². The molecule has 0 amide bonds. The van der Waals surface area contributed by atoms with E-state index in [1.54, 1.807) is 53.4 Å². The molecule has 0 N–H and O–H groups in total. The zero-order chi connectivity index (χ0) is 23.4. The van der Waals surface area contributed by atoms with Crippen molar-refractivity contribution in [3.63, 3.8) is 0 Å². The third-order valence-corrected chi connectivity index (χ3v) is 5.19. The van der Waals surface area contributed by atoms with Gasteiger partial charge in [0.15, 0.2) is 5.75 Å². The van der Waals surface area contributed by atoms with Crippen LogP contribution in [0.4, 0.5) is 30.2 Å². The van der Waals surface area contributed by atoms with Gasteiger partial charge in [0.2, 0.25) is 0 Å². The predicted molar refractivity (Wildman–Crippen MR) is 113 cm³/mol. The third kappa shape index (κ3) is 5.02. The number of ether oxygens (including phenoxy) is 1. The number of rotatable bonds is 7. The topological polar surface area (TPSA) is 72.9 Å². The standard InChI is InChI=1S/C22H18F3NO5S/c1-2-30-21(27)19-15-18(13-14-20(19)31-32(28,29)22(23,24)25)26(16-9-5-3-6-10-16)17-11-7-4-8-12-17/h3-15H,2H2,1H3. The summed E-state index contributed by atoms with van der Waals surface area (Å²) in [6.45, 7) is 1.44. The van der Waals surface area contributed by atoms with E-state index in [4.69, 9.17) is 4.74 Å². The number of carbonyl (C=O) groups is 1. The number of esters is 1. The van der Waals surface area contributed by atoms with Crippen LogP contribution in [0, 0.1) is 0 Å². The fourth-order valence-electron chi connectivity index (χ4n) is 2.86. The zero-order valence-corrected chi connectivity index (χ0v) is 17.6. The molecule has 0 aliphatic heterocycles. The lowest BCUT2D eigenvalue weighted by Gasteiger charge is -2.26. The number of alkyl halides is 3. The first kappa shape index (κ1) is 23.1. The number of carbonyl (C=O) groups excluding carboxylic acids is 1. The quantitative estimate of drug-likeness (QED) is 0.258. The van der Waals surface area contributed by atoms with Gasteiger partial charge < -0.3 is 13.8 Å². The van der Waals surface area contributed by atoms with E-state index in [1.165, 1.54) is 19.1 Å². The smallest absolute Gasteiger partial charge is 0.462 e. The van der Waals surface area contributed by atoms with Crippen LogP contribution in [0.15, 0.2) is 78.9 Å². The maximum Gasteiger partial charge on any atom is 0.534 e. The van der Waals surface area contributed by atoms with E-state index < -0.39 is 32.9 Å². The summed E-state index contributed by atoms with van der Waals surface area (Å²) in [6.07, 6.45) is 0. The first-order valence-electron chi connectivity index (χ1n) is 9.36. The number of hydrogen-bond donors (Lipinski definition) is 0. The van der Waals surface area contributed by atoms with Gasteiger partial charge in [0.05, 0.1) is 6.61 Å². The van der Waals surface area contributed by atoms with Crippen LogP contribution in [0.2, 0.25) is 0 Å². The van der Waals surface area contributed by atoms with E-state index in [9.17, 15) is 26.4 Å². The molecule has 0 saturated carbocycles. The van der Waals surface area contributed by atoms with Gasteiger partial charge in [-0.25, -0.2) is 4.79 Å². The fourth-order valence-corrected chi connectivity index (χ4v) is 3.34. The van der Waals surface area contributed by atoms with Gasteiger partial charge in [-0.2, -0.15) is 21.6 Å². The summed E-state index contributed by atoms with van der Waals surface area (Å²) < 4.78 is 70.6. The maximum absolute atomic E-state index is 12.8. The Morgan fingerprint density at radius 1 is 0.875 bits per heavy atom. The van der Waals surface area contributed by atoms with Crippen molar-refractivity contribution < 1.29 is 35.3 Å². The largest absolute Gasteiger partial charge is 0.534 e. The molecule has 6 nitrogen and oxygen atoms in total. The second kappa shape index (κ2) is 9.31. The van der Waals surface area contributed by atoms with Crippen molar-refractivity contribution >= 4 is 33.1 Å². The van der Waals surface area contributed by atoms with Crippen molar-refractivity contribution in [2.75, 3.05) is 11.5 Å². The highest BCUT2D eigenvalue weighted by Gasteiger charge is 2.49. The molecule has 0 aliphatic rings. The average molecular weight is 465 g/mol. The van der Waals surface area contributed by atoms with Crippen molar-refractivity contribution in [3.05, 3.63) is 84.4 Å². The monoisotopic (exact) mass is 465 g/mol. The molecule has 0 saturated heterocycles. The lowest BCUT2D eigenvalue weighted by molar-refractivity contribution is -0.0500. The molecule has 0 aromatic heterocycles. The maximum atomic E-state index is 12.8. The lowest BCUT2D eigenvalue weighted by Crippen LogP contribution is -2.28. The molecule has 0 heterocycles. The number of nitrogens with zero attached hydrogens (tertiary/aromatic N) is 1. The first-order valence-corrected chi connectivity index (χ1v) is 10.8. The molecule has 3 aromatic rings. The van der Waals surface area contributed by atoms with Crippen molar-refractivity contribution in [3.8, 4) is 5.75 Å². The predicted octanol–water partition coefficient (Wildman–Crippen LogP) is 5.56. The number of benzene rings is 3. The van der Waals surface area contributed by atoms with Gasteiger partial charge >= 0.3 is 21.6 Å². The average Bonchev–Trinajstić information content (AvgIpc) is 2.75. The molecule has 3 aromatic carbocycles. The van der Waals surface area contributed by atoms with Gasteiger partial charge in [0.25, 0.3) is 0 Å². The van der Waals surface area contributed by atoms with Crippen LogP contribution in [0.3, 0.4) is 0 Å². The Balaban J connectivity index is 2.15. The Bertz CT molecular complexity index is 1140. The number of halogens is 3. The van der Waals surface area contributed by atoms with E-state index >= 15 is 0 Å². The summed E-state index contributed by atoms with van der Waals surface area (Å²) >= 11 is 0. The van der Waals surface area contributed by atoms with Crippen LogP contribution < -0.4 is 9.08 Å². The molecule has 0 bridgehead atoms. The molecule has 10 heteroatoms. The van der Waals surface area contributed by atoms with Gasteiger partial charge in [0, 0.05) is 17.1 Å². The van der Waals surface area contributed by atoms with Crippen molar-refractivity contribution in [1.82, 2.24) is 0 Å². The Morgan fingerprint density at radius 2 is 1.41 bits per heavy atom. The van der Waals surface area contributed by atoms with Crippen LogP contribution in [0.25, 0.3) is 0 Å². The van der Waals surface area contributed by atoms with Crippen molar-refractivity contribution in [2.45, 2.75) is 12.4 Å². The van der Waals surface area contributed by atoms with Gasteiger partial charge in [-0.3, -0.25) is 0 Å². The molecular weight excluding hydrogens is 447 g/mol. The molecule has 3 rings (SSSR count). The van der Waals surface area contributed by atoms with Gasteiger partial charge in [-0.1, -0.05) is 36.4 Å². The minimum atomic E-state index is -5.98. The van der Waals surface area contributed by atoms with E-state index in [1.807, 2.05) is 12.1 Å². The highest BCUT2D eigenvalue weighted by Crippen LogP contribution is 2.38. The number of para-hydroxylation sites is 2. The molecule has 168 valence electrons. The fraction of sp³-hybridized carbons (Fsp3) is 0.136.